The zero-order valence-corrected chi connectivity index (χ0v) is 13.9. The number of nitrogens with zero attached hydrogens (tertiary/aromatic N) is 3. The molecule has 0 radical (unpaired) electrons. The Morgan fingerprint density at radius 1 is 1.19 bits per heavy atom. The van der Waals surface area contributed by atoms with E-state index >= 15 is 0 Å². The van der Waals surface area contributed by atoms with Crippen molar-refractivity contribution in [1.29, 1.82) is 0 Å². The second-order valence-electron chi connectivity index (χ2n) is 5.98. The fourth-order valence-corrected chi connectivity index (χ4v) is 3.06. The van der Waals surface area contributed by atoms with Gasteiger partial charge >= 0.3 is 0 Å². The molecule has 0 unspecified atom stereocenters. The van der Waals surface area contributed by atoms with Crippen molar-refractivity contribution < 1.29 is 9.50 Å². The first-order chi connectivity index (χ1) is 12.6. The minimum Gasteiger partial charge on any atom is -0.493 e. The normalized spacial score (nSPS) is 11.2. The van der Waals surface area contributed by atoms with Crippen LogP contribution in [0.15, 0.2) is 53.6 Å². The molecule has 0 aliphatic rings. The van der Waals surface area contributed by atoms with E-state index < -0.39 is 11.4 Å². The highest BCUT2D eigenvalue weighted by molar-refractivity contribution is 5.79. The summed E-state index contributed by atoms with van der Waals surface area (Å²) in [7, 11) is 0. The number of H-pyrrole nitrogens is 1. The molecule has 0 saturated heterocycles. The van der Waals surface area contributed by atoms with Gasteiger partial charge in [-0.15, -0.1) is 0 Å². The van der Waals surface area contributed by atoms with Crippen LogP contribution in [0.2, 0.25) is 0 Å². The van der Waals surface area contributed by atoms with Crippen molar-refractivity contribution in [3.8, 4) is 17.0 Å². The van der Waals surface area contributed by atoms with Gasteiger partial charge < -0.3 is 10.1 Å². The Labute approximate surface area is 147 Å². The number of aromatic hydroxyl groups is 1. The Morgan fingerprint density at radius 3 is 2.65 bits per heavy atom. The van der Waals surface area contributed by atoms with Gasteiger partial charge in [0.2, 0.25) is 5.88 Å². The van der Waals surface area contributed by atoms with Gasteiger partial charge in [0.25, 0.3) is 5.56 Å². The molecule has 7 heteroatoms. The van der Waals surface area contributed by atoms with E-state index in [2.05, 4.69) is 15.1 Å². The van der Waals surface area contributed by atoms with Crippen LogP contribution in [0.3, 0.4) is 0 Å². The molecule has 6 nitrogen and oxygen atoms in total. The standard InChI is InChI=1S/C19H15FN4O2/c1-11-16(12-6-8-21-9-7-12)17-22-18(25)14(19(26)24(17)23-11)10-13-4-2-3-5-15(13)20/h2-9,26H,10H2,1H3,(H,22,25). The van der Waals surface area contributed by atoms with Crippen LogP contribution in [-0.4, -0.2) is 24.7 Å². The van der Waals surface area contributed by atoms with Gasteiger partial charge in [0.05, 0.1) is 11.3 Å². The summed E-state index contributed by atoms with van der Waals surface area (Å²) in [6.07, 6.45) is 3.25. The molecule has 0 spiro atoms. The average Bonchev–Trinajstić information content (AvgIpc) is 2.97. The quantitative estimate of drug-likeness (QED) is 0.595. The molecule has 0 fully saturated rings. The van der Waals surface area contributed by atoms with Gasteiger partial charge in [0.15, 0.2) is 0 Å². The molecule has 0 bridgehead atoms. The summed E-state index contributed by atoms with van der Waals surface area (Å²) >= 11 is 0. The number of aromatic amines is 1. The van der Waals surface area contributed by atoms with Gasteiger partial charge in [0.1, 0.15) is 11.5 Å². The lowest BCUT2D eigenvalue weighted by molar-refractivity contribution is 0.427. The van der Waals surface area contributed by atoms with Gasteiger partial charge in [-0.25, -0.2) is 4.39 Å². The number of aryl methyl sites for hydroxylation is 1. The lowest BCUT2D eigenvalue weighted by Crippen LogP contribution is -2.16. The Hall–Kier alpha value is -3.48. The fourth-order valence-electron chi connectivity index (χ4n) is 3.06. The first kappa shape index (κ1) is 16.0. The fraction of sp³-hybridized carbons (Fsp3) is 0.105. The number of halogens is 1. The van der Waals surface area contributed by atoms with Crippen molar-refractivity contribution in [2.75, 3.05) is 0 Å². The van der Waals surface area contributed by atoms with E-state index in [1.165, 1.54) is 10.6 Å². The monoisotopic (exact) mass is 350 g/mol. The number of nitrogens with one attached hydrogen (secondary N) is 1. The maximum atomic E-state index is 13.9. The van der Waals surface area contributed by atoms with Crippen LogP contribution in [0.25, 0.3) is 16.8 Å². The first-order valence-electron chi connectivity index (χ1n) is 8.03. The summed E-state index contributed by atoms with van der Waals surface area (Å²) in [5.74, 6) is -0.726. The van der Waals surface area contributed by atoms with Gasteiger partial charge in [-0.2, -0.15) is 9.61 Å². The first-order valence-corrected chi connectivity index (χ1v) is 8.03. The zero-order chi connectivity index (χ0) is 18.3. The predicted octanol–water partition coefficient (Wildman–Crippen LogP) is 2.83. The summed E-state index contributed by atoms with van der Waals surface area (Å²) < 4.78 is 15.2. The lowest BCUT2D eigenvalue weighted by Gasteiger charge is -2.07. The van der Waals surface area contributed by atoms with Crippen LogP contribution in [0.1, 0.15) is 16.8 Å². The molecule has 0 atom stereocenters. The van der Waals surface area contributed by atoms with E-state index in [9.17, 15) is 14.3 Å². The van der Waals surface area contributed by atoms with Crippen molar-refractivity contribution >= 4 is 5.65 Å². The molecule has 3 heterocycles. The van der Waals surface area contributed by atoms with Crippen molar-refractivity contribution in [3.63, 3.8) is 0 Å². The molecule has 0 aliphatic heterocycles. The van der Waals surface area contributed by atoms with Crippen LogP contribution in [0.5, 0.6) is 5.88 Å². The van der Waals surface area contributed by atoms with Crippen LogP contribution in [-0.2, 0) is 6.42 Å². The van der Waals surface area contributed by atoms with Crippen molar-refractivity contribution in [3.05, 3.63) is 81.8 Å². The summed E-state index contributed by atoms with van der Waals surface area (Å²) in [4.78, 5) is 19.3. The number of hydrogen-bond donors (Lipinski definition) is 2. The molecule has 1 aromatic carbocycles. The van der Waals surface area contributed by atoms with Gasteiger partial charge in [-0.3, -0.25) is 9.78 Å². The minimum absolute atomic E-state index is 0.0344. The maximum Gasteiger partial charge on any atom is 0.258 e. The number of rotatable bonds is 3. The van der Waals surface area contributed by atoms with E-state index in [1.807, 2.05) is 0 Å². The number of pyridine rings is 1. The second-order valence-corrected chi connectivity index (χ2v) is 5.98. The van der Waals surface area contributed by atoms with E-state index in [1.54, 1.807) is 49.6 Å². The van der Waals surface area contributed by atoms with Crippen molar-refractivity contribution in [2.45, 2.75) is 13.3 Å². The molecule has 4 rings (SSSR count). The molecule has 26 heavy (non-hydrogen) atoms. The number of hydrogen-bond acceptors (Lipinski definition) is 4. The van der Waals surface area contributed by atoms with Crippen molar-refractivity contribution in [2.24, 2.45) is 0 Å². The number of aromatic nitrogens is 4. The van der Waals surface area contributed by atoms with Crippen LogP contribution in [0.4, 0.5) is 4.39 Å². The predicted molar refractivity (Wildman–Crippen MR) is 94.7 cm³/mol. The summed E-state index contributed by atoms with van der Waals surface area (Å²) in [6, 6.07) is 9.75. The minimum atomic E-state index is -0.478. The van der Waals surface area contributed by atoms with Gasteiger partial charge in [-0.05, 0) is 36.2 Å². The Morgan fingerprint density at radius 2 is 1.92 bits per heavy atom. The summed E-state index contributed by atoms with van der Waals surface area (Å²) in [6.45, 7) is 1.79. The third-order valence-corrected chi connectivity index (χ3v) is 4.33. The third kappa shape index (κ3) is 2.54. The molecule has 3 aromatic heterocycles. The zero-order valence-electron chi connectivity index (χ0n) is 13.9. The molecular weight excluding hydrogens is 335 g/mol. The van der Waals surface area contributed by atoms with E-state index in [0.717, 1.165) is 5.56 Å². The van der Waals surface area contributed by atoms with Gasteiger partial charge in [0, 0.05) is 24.4 Å². The molecule has 0 amide bonds. The molecule has 130 valence electrons. The SMILES string of the molecule is Cc1nn2c(O)c(Cc3ccccc3F)c(=O)[nH]c2c1-c1ccncc1. The third-order valence-electron chi connectivity index (χ3n) is 4.33. The highest BCUT2D eigenvalue weighted by Gasteiger charge is 2.20. The molecule has 2 N–H and O–H groups in total. The van der Waals surface area contributed by atoms with Crippen LogP contribution >= 0.6 is 0 Å². The number of fused-ring (bicyclic) bond motifs is 1. The van der Waals surface area contributed by atoms with E-state index in [4.69, 9.17) is 0 Å². The topological polar surface area (TPSA) is 83.3 Å². The Bertz CT molecular complexity index is 1170. The molecular formula is C19H15FN4O2. The maximum absolute atomic E-state index is 13.9. The lowest BCUT2D eigenvalue weighted by atomic mass is 10.1. The Balaban J connectivity index is 1.91. The summed E-state index contributed by atoms with van der Waals surface area (Å²) in [5.41, 5.74) is 2.46. The molecule has 4 aromatic rings. The Kier molecular flexibility index (Phi) is 3.76. The molecule has 0 aliphatic carbocycles. The largest absolute Gasteiger partial charge is 0.493 e. The highest BCUT2D eigenvalue weighted by Crippen LogP contribution is 2.29. The highest BCUT2D eigenvalue weighted by atomic mass is 19.1. The average molecular weight is 350 g/mol. The smallest absolute Gasteiger partial charge is 0.258 e. The van der Waals surface area contributed by atoms with Crippen LogP contribution in [0, 0.1) is 12.7 Å². The van der Waals surface area contributed by atoms with Crippen molar-refractivity contribution in [1.82, 2.24) is 19.6 Å². The second kappa shape index (κ2) is 6.11. The van der Waals surface area contributed by atoms with Gasteiger partial charge in [-0.1, -0.05) is 18.2 Å². The van der Waals surface area contributed by atoms with E-state index in [-0.39, 0.29) is 17.9 Å². The molecule has 0 saturated carbocycles. The van der Waals surface area contributed by atoms with Crippen LogP contribution < -0.4 is 5.56 Å². The summed E-state index contributed by atoms with van der Waals surface area (Å²) in [5, 5.41) is 15.0. The number of benzene rings is 1. The van der Waals surface area contributed by atoms with E-state index in [0.29, 0.717) is 22.5 Å².